The van der Waals surface area contributed by atoms with Crippen LogP contribution in [0.25, 0.3) is 0 Å². The van der Waals surface area contributed by atoms with E-state index >= 15 is 0 Å². The van der Waals surface area contributed by atoms with Crippen molar-refractivity contribution in [1.82, 2.24) is 0 Å². The molecule has 0 aromatic heterocycles. The second-order valence-electron chi connectivity index (χ2n) is 4.46. The van der Waals surface area contributed by atoms with Crippen LogP contribution in [0.2, 0.25) is 18.0 Å². The molecule has 0 saturated heterocycles. The Balaban J connectivity index is 4.71. The first-order chi connectivity index (χ1) is 7.45. The predicted octanol–water partition coefficient (Wildman–Crippen LogP) is 3.06. The molecule has 3 nitrogen and oxygen atoms in total. The summed E-state index contributed by atoms with van der Waals surface area (Å²) in [7, 11) is -1.45. The van der Waals surface area contributed by atoms with Gasteiger partial charge in [-0.2, -0.15) is 0 Å². The van der Waals surface area contributed by atoms with E-state index in [1.165, 1.54) is 0 Å². The average Bonchev–Trinajstić information content (AvgIpc) is 2.18. The van der Waals surface area contributed by atoms with E-state index in [9.17, 15) is 0 Å². The first-order valence-electron chi connectivity index (χ1n) is 5.93. The van der Waals surface area contributed by atoms with Crippen LogP contribution in [0.1, 0.15) is 20.8 Å². The zero-order valence-electron chi connectivity index (χ0n) is 11.1. The van der Waals surface area contributed by atoms with E-state index in [2.05, 4.69) is 13.1 Å². The van der Waals surface area contributed by atoms with Gasteiger partial charge in [0.25, 0.3) is 0 Å². The normalized spacial score (nSPS) is 13.1. The number of alkyl halides is 1. The van der Waals surface area contributed by atoms with Crippen LogP contribution in [0.5, 0.6) is 0 Å². The van der Waals surface area contributed by atoms with Crippen LogP contribution in [-0.4, -0.2) is 47.7 Å². The van der Waals surface area contributed by atoms with E-state index in [1.54, 1.807) is 0 Å². The van der Waals surface area contributed by atoms with Crippen LogP contribution >= 0.6 is 11.6 Å². The van der Waals surface area contributed by atoms with Gasteiger partial charge in [-0.15, -0.1) is 0 Å². The number of hydrogen-bond donors (Lipinski definition) is 0. The van der Waals surface area contributed by atoms with E-state index in [4.69, 9.17) is 22.9 Å². The van der Waals surface area contributed by atoms with Crippen LogP contribution < -0.4 is 0 Å². The zero-order valence-corrected chi connectivity index (χ0v) is 15.0. The molecule has 0 heterocycles. The molecule has 16 heavy (non-hydrogen) atoms. The minimum absolute atomic E-state index is 0.659. The fourth-order valence-electron chi connectivity index (χ4n) is 1.57. The Labute approximate surface area is 109 Å². The van der Waals surface area contributed by atoms with Crippen molar-refractivity contribution in [2.45, 2.75) is 38.7 Å². The van der Waals surface area contributed by atoms with Crippen molar-refractivity contribution in [2.75, 3.05) is 25.3 Å². The summed E-state index contributed by atoms with van der Waals surface area (Å²) in [5.41, 5.74) is 0.729. The Kier molecular flexibility index (Phi) is 8.58. The summed E-state index contributed by atoms with van der Waals surface area (Å²) in [5, 5.41) is 0. The molecule has 0 radical (unpaired) electrons. The molecule has 0 N–H and O–H groups in total. The first-order valence-corrected chi connectivity index (χ1v) is 13.9. The summed E-state index contributed by atoms with van der Waals surface area (Å²) in [6.07, 6.45) is 0. The molecular weight excluding hydrogens is 304 g/mol. The Bertz CT molecular complexity index is 176. The SMILES string of the molecule is CC[O][Ge]([CH2][Si](C)(C)CCl)([O]CC)[O]CC. The van der Waals surface area contributed by atoms with Crippen molar-refractivity contribution in [2.24, 2.45) is 0 Å². The molecule has 0 aliphatic carbocycles. The molecule has 0 rings (SSSR count). The van der Waals surface area contributed by atoms with E-state index in [1.807, 2.05) is 20.8 Å². The van der Waals surface area contributed by atoms with Gasteiger partial charge in [0.1, 0.15) is 0 Å². The molecular formula is C10H25ClGeO3Si. The van der Waals surface area contributed by atoms with Gasteiger partial charge in [0, 0.05) is 0 Å². The third kappa shape index (κ3) is 6.02. The third-order valence-corrected chi connectivity index (χ3v) is 19.8. The van der Waals surface area contributed by atoms with E-state index in [0.717, 1.165) is 10.4 Å². The molecule has 0 fully saturated rings. The van der Waals surface area contributed by atoms with Crippen molar-refractivity contribution in [3.63, 3.8) is 0 Å². The van der Waals surface area contributed by atoms with Crippen LogP contribution in [-0.2, 0) is 11.3 Å². The molecule has 0 saturated carbocycles. The van der Waals surface area contributed by atoms with Gasteiger partial charge in [-0.3, -0.25) is 0 Å². The summed E-state index contributed by atoms with van der Waals surface area (Å²) >= 11 is 2.99. The Morgan fingerprint density at radius 2 is 1.31 bits per heavy atom. The number of halogens is 1. The van der Waals surface area contributed by atoms with Gasteiger partial charge in [0.05, 0.1) is 0 Å². The van der Waals surface area contributed by atoms with Crippen molar-refractivity contribution in [3.8, 4) is 0 Å². The summed E-state index contributed by atoms with van der Waals surface area (Å²) in [5.74, 6) is 0. The van der Waals surface area contributed by atoms with Crippen LogP contribution in [0, 0.1) is 0 Å². The molecule has 0 atom stereocenters. The first kappa shape index (κ1) is 16.9. The molecule has 0 amide bonds. The number of hydrogen-bond acceptors (Lipinski definition) is 3. The monoisotopic (exact) mass is 330 g/mol. The Morgan fingerprint density at radius 1 is 0.938 bits per heavy atom. The van der Waals surface area contributed by atoms with Crippen LogP contribution in [0.3, 0.4) is 0 Å². The summed E-state index contributed by atoms with van der Waals surface area (Å²) < 4.78 is 17.6. The fraction of sp³-hybridized carbons (Fsp3) is 1.00. The molecule has 0 aliphatic rings. The minimum atomic E-state index is -3.03. The third-order valence-electron chi connectivity index (χ3n) is 2.15. The fourth-order valence-corrected chi connectivity index (χ4v) is 17.8. The predicted molar refractivity (Wildman–Crippen MR) is 73.6 cm³/mol. The summed E-state index contributed by atoms with van der Waals surface area (Å²) in [4.78, 5) is 0.950. The van der Waals surface area contributed by atoms with Crippen molar-refractivity contribution in [3.05, 3.63) is 0 Å². The van der Waals surface area contributed by atoms with Gasteiger partial charge in [-0.25, -0.2) is 0 Å². The van der Waals surface area contributed by atoms with Gasteiger partial charge >= 0.3 is 109 Å². The molecule has 0 bridgehead atoms. The Hall–Kier alpha value is 0.930. The Morgan fingerprint density at radius 3 is 1.56 bits per heavy atom. The summed E-state index contributed by atoms with van der Waals surface area (Å²) in [6.45, 7) is 12.5. The van der Waals surface area contributed by atoms with Gasteiger partial charge < -0.3 is 0 Å². The second kappa shape index (κ2) is 8.11. The van der Waals surface area contributed by atoms with E-state index in [-0.39, 0.29) is 0 Å². The molecule has 0 unspecified atom stereocenters. The van der Waals surface area contributed by atoms with Crippen molar-refractivity contribution in [1.29, 1.82) is 0 Å². The van der Waals surface area contributed by atoms with Gasteiger partial charge in [-0.1, -0.05) is 0 Å². The standard InChI is InChI=1S/C10H25ClGeO3Si/c1-6-13-12(14-7-2,15-8-3)10-16(4,5)9-11/h6-10H2,1-5H3. The molecule has 98 valence electrons. The quantitative estimate of drug-likeness (QED) is 0.481. The van der Waals surface area contributed by atoms with Crippen LogP contribution in [0.15, 0.2) is 0 Å². The molecule has 0 spiro atoms. The van der Waals surface area contributed by atoms with Gasteiger partial charge in [0.15, 0.2) is 0 Å². The van der Waals surface area contributed by atoms with Gasteiger partial charge in [-0.05, 0) is 0 Å². The van der Waals surface area contributed by atoms with Gasteiger partial charge in [0.2, 0.25) is 0 Å². The summed E-state index contributed by atoms with van der Waals surface area (Å²) in [6, 6.07) is 0. The van der Waals surface area contributed by atoms with E-state index in [0.29, 0.717) is 19.8 Å². The van der Waals surface area contributed by atoms with Crippen molar-refractivity contribution >= 4 is 34.0 Å². The molecule has 6 heteroatoms. The van der Waals surface area contributed by atoms with E-state index < -0.39 is 22.3 Å². The average molecular weight is 329 g/mol. The van der Waals surface area contributed by atoms with Crippen molar-refractivity contribution < 1.29 is 11.3 Å². The molecule has 0 aromatic rings. The van der Waals surface area contributed by atoms with Crippen LogP contribution in [0.4, 0.5) is 0 Å². The maximum absolute atomic E-state index is 6.02. The topological polar surface area (TPSA) is 27.7 Å². The molecule has 0 aromatic carbocycles. The zero-order chi connectivity index (χ0) is 12.7. The second-order valence-corrected chi connectivity index (χ2v) is 17.1. The maximum atomic E-state index is 6.02. The number of rotatable bonds is 9. The molecule has 0 aliphatic heterocycles.